The molecule has 3 rings (SSSR count). The van der Waals surface area contributed by atoms with Gasteiger partial charge in [-0.15, -0.1) is 0 Å². The van der Waals surface area contributed by atoms with Crippen LogP contribution in [0, 0.1) is 5.41 Å². The summed E-state index contributed by atoms with van der Waals surface area (Å²) in [6.45, 7) is 6.18. The van der Waals surface area contributed by atoms with Crippen molar-refractivity contribution in [1.82, 2.24) is 4.31 Å². The largest absolute Gasteiger partial charge is 0.381 e. The van der Waals surface area contributed by atoms with Crippen LogP contribution in [0.3, 0.4) is 0 Å². The van der Waals surface area contributed by atoms with E-state index < -0.39 is 11.0 Å². The van der Waals surface area contributed by atoms with Crippen LogP contribution in [0.1, 0.15) is 63.6 Å². The predicted molar refractivity (Wildman–Crippen MR) is 108 cm³/mol. The van der Waals surface area contributed by atoms with Crippen molar-refractivity contribution in [3.05, 3.63) is 33.8 Å². The minimum Gasteiger partial charge on any atom is -0.381 e. The molecule has 1 aromatic carbocycles. The number of fused-ring (bicyclic) bond motifs is 1. The van der Waals surface area contributed by atoms with Crippen LogP contribution in [0.15, 0.2) is 22.7 Å². The van der Waals surface area contributed by atoms with E-state index in [1.54, 1.807) is 0 Å². The zero-order chi connectivity index (χ0) is 18.4. The van der Waals surface area contributed by atoms with Gasteiger partial charge in [-0.3, -0.25) is 0 Å². The molecule has 3 nitrogen and oxygen atoms in total. The molecule has 1 spiro atoms. The van der Waals surface area contributed by atoms with E-state index in [4.69, 9.17) is 4.74 Å². The van der Waals surface area contributed by atoms with Gasteiger partial charge in [0.15, 0.2) is 0 Å². The van der Waals surface area contributed by atoms with Gasteiger partial charge in [-0.2, -0.15) is 0 Å². The van der Waals surface area contributed by atoms with E-state index >= 15 is 0 Å². The van der Waals surface area contributed by atoms with E-state index in [0.29, 0.717) is 6.10 Å². The van der Waals surface area contributed by atoms with E-state index in [-0.39, 0.29) is 16.2 Å². The number of hydrogen-bond acceptors (Lipinski definition) is 2. The van der Waals surface area contributed by atoms with Crippen molar-refractivity contribution in [2.75, 3.05) is 14.2 Å². The summed E-state index contributed by atoms with van der Waals surface area (Å²) in [5, 5.41) is 0. The Labute approximate surface area is 163 Å². The van der Waals surface area contributed by atoms with Crippen molar-refractivity contribution in [1.29, 1.82) is 0 Å². The average molecular weight is 428 g/mol. The van der Waals surface area contributed by atoms with E-state index in [0.717, 1.165) is 36.6 Å². The minimum absolute atomic E-state index is 0.174. The molecule has 0 aliphatic heterocycles. The zero-order valence-electron chi connectivity index (χ0n) is 16.0. The fraction of sp³-hybridized carbons (Fsp3) is 0.700. The maximum Gasteiger partial charge on any atom is 0.100 e. The first kappa shape index (κ1) is 19.5. The van der Waals surface area contributed by atoms with Crippen LogP contribution >= 0.6 is 15.9 Å². The van der Waals surface area contributed by atoms with Gasteiger partial charge in [0.25, 0.3) is 0 Å². The Morgan fingerprint density at radius 1 is 1.28 bits per heavy atom. The Morgan fingerprint density at radius 2 is 1.92 bits per heavy atom. The number of halogens is 1. The van der Waals surface area contributed by atoms with Crippen LogP contribution in [0.4, 0.5) is 0 Å². The molecule has 1 saturated carbocycles. The summed E-state index contributed by atoms with van der Waals surface area (Å²) >= 11 is 3.64. The minimum atomic E-state index is -1.04. The fourth-order valence-electron chi connectivity index (χ4n) is 4.75. The van der Waals surface area contributed by atoms with Crippen LogP contribution in [0.2, 0.25) is 0 Å². The summed E-state index contributed by atoms with van der Waals surface area (Å²) < 4.78 is 21.8. The maximum absolute atomic E-state index is 13.2. The van der Waals surface area contributed by atoms with Gasteiger partial charge in [0, 0.05) is 18.6 Å². The van der Waals surface area contributed by atoms with Crippen molar-refractivity contribution in [2.45, 2.75) is 69.8 Å². The van der Waals surface area contributed by atoms with Crippen molar-refractivity contribution in [3.8, 4) is 0 Å². The van der Waals surface area contributed by atoms with Crippen molar-refractivity contribution >= 4 is 26.9 Å². The molecule has 0 aromatic heterocycles. The lowest BCUT2D eigenvalue weighted by atomic mass is 9.68. The summed E-state index contributed by atoms with van der Waals surface area (Å²) in [4.78, 5) is 0. The van der Waals surface area contributed by atoms with Crippen LogP contribution in [0.5, 0.6) is 0 Å². The van der Waals surface area contributed by atoms with E-state index in [1.165, 1.54) is 11.1 Å². The van der Waals surface area contributed by atoms with Gasteiger partial charge in [-0.05, 0) is 81.5 Å². The topological polar surface area (TPSA) is 29.5 Å². The Morgan fingerprint density at radius 3 is 2.48 bits per heavy atom. The highest BCUT2D eigenvalue weighted by Crippen LogP contribution is 2.57. The lowest BCUT2D eigenvalue weighted by molar-refractivity contribution is 0.00606. The summed E-state index contributed by atoms with van der Waals surface area (Å²) in [6.07, 6.45) is 5.92. The second-order valence-corrected chi connectivity index (χ2v) is 11.8. The molecule has 25 heavy (non-hydrogen) atoms. The summed E-state index contributed by atoms with van der Waals surface area (Å²) in [5.74, 6) is 0. The highest BCUT2D eigenvalue weighted by molar-refractivity contribution is 9.10. The highest BCUT2D eigenvalue weighted by atomic mass is 79.9. The molecule has 0 saturated heterocycles. The SMILES string of the molecule is COC1CCC2(CC1)Cc1ccc(Br)cc1C2N(C)S(=O)C(C)(C)C. The molecule has 140 valence electrons. The monoisotopic (exact) mass is 427 g/mol. The van der Waals surface area contributed by atoms with Gasteiger partial charge in [-0.25, -0.2) is 8.51 Å². The Hall–Kier alpha value is -0.230. The third-order valence-corrected chi connectivity index (χ3v) is 8.21. The number of benzene rings is 1. The van der Waals surface area contributed by atoms with Crippen LogP contribution < -0.4 is 0 Å². The first-order valence-corrected chi connectivity index (χ1v) is 11.0. The molecular weight excluding hydrogens is 398 g/mol. The van der Waals surface area contributed by atoms with Gasteiger partial charge in [-0.1, -0.05) is 22.0 Å². The smallest absolute Gasteiger partial charge is 0.100 e. The zero-order valence-corrected chi connectivity index (χ0v) is 18.4. The van der Waals surface area contributed by atoms with E-state index in [1.807, 2.05) is 14.2 Å². The van der Waals surface area contributed by atoms with Gasteiger partial charge in [0.05, 0.1) is 16.9 Å². The third-order valence-electron chi connectivity index (χ3n) is 5.94. The molecule has 0 bridgehead atoms. The second-order valence-electron chi connectivity index (χ2n) is 8.63. The van der Waals surface area contributed by atoms with E-state index in [9.17, 15) is 4.21 Å². The van der Waals surface area contributed by atoms with Gasteiger partial charge >= 0.3 is 0 Å². The first-order chi connectivity index (χ1) is 11.7. The molecule has 2 aliphatic rings. The molecule has 0 heterocycles. The normalized spacial score (nSPS) is 30.7. The Kier molecular flexibility index (Phi) is 5.52. The lowest BCUT2D eigenvalue weighted by Crippen LogP contribution is -2.45. The molecular formula is C20H30BrNO2S. The van der Waals surface area contributed by atoms with Crippen molar-refractivity contribution in [2.24, 2.45) is 5.41 Å². The maximum atomic E-state index is 13.2. The third kappa shape index (κ3) is 3.62. The molecule has 2 unspecified atom stereocenters. The molecule has 1 aromatic rings. The van der Waals surface area contributed by atoms with Crippen molar-refractivity contribution < 1.29 is 8.95 Å². The summed E-state index contributed by atoms with van der Waals surface area (Å²) in [7, 11) is 2.83. The Balaban J connectivity index is 2.00. The molecule has 1 fully saturated rings. The van der Waals surface area contributed by atoms with Crippen LogP contribution in [-0.2, 0) is 22.1 Å². The highest BCUT2D eigenvalue weighted by Gasteiger charge is 2.51. The average Bonchev–Trinajstić information content (AvgIpc) is 2.86. The number of rotatable bonds is 3. The standard InChI is InChI=1S/C20H30BrNO2S/c1-19(2,3)25(23)22(4)18-17-12-15(21)7-6-14(17)13-20(18)10-8-16(24-5)9-11-20/h6-7,12,16,18H,8-11,13H2,1-5H3. The van der Waals surface area contributed by atoms with Gasteiger partial charge in [0.2, 0.25) is 0 Å². The van der Waals surface area contributed by atoms with Gasteiger partial charge < -0.3 is 4.74 Å². The first-order valence-electron chi connectivity index (χ1n) is 9.14. The molecule has 2 aliphatic carbocycles. The number of hydrogen-bond donors (Lipinski definition) is 0. The molecule has 0 amide bonds. The molecule has 2 atom stereocenters. The number of nitrogens with zero attached hydrogens (tertiary/aromatic N) is 1. The molecule has 5 heteroatoms. The number of methoxy groups -OCH3 is 1. The number of ether oxygens (including phenoxy) is 1. The predicted octanol–water partition coefficient (Wildman–Crippen LogP) is 5.02. The van der Waals surface area contributed by atoms with Crippen LogP contribution in [-0.4, -0.2) is 33.5 Å². The van der Waals surface area contributed by atoms with E-state index in [2.05, 4.69) is 59.2 Å². The van der Waals surface area contributed by atoms with Crippen molar-refractivity contribution in [3.63, 3.8) is 0 Å². The second kappa shape index (κ2) is 7.06. The van der Waals surface area contributed by atoms with Gasteiger partial charge in [0.1, 0.15) is 11.0 Å². The quantitative estimate of drug-likeness (QED) is 0.677. The Bertz CT molecular complexity index is 662. The summed E-state index contributed by atoms with van der Waals surface area (Å²) in [6, 6.07) is 6.83. The fourth-order valence-corrected chi connectivity index (χ4v) is 6.52. The molecule has 0 N–H and O–H groups in total. The summed E-state index contributed by atoms with van der Waals surface area (Å²) in [5.41, 5.74) is 2.94. The lowest BCUT2D eigenvalue weighted by Gasteiger charge is -2.45. The van der Waals surface area contributed by atoms with Crippen LogP contribution in [0.25, 0.3) is 0 Å². The molecule has 0 radical (unpaired) electrons.